The molecule has 2 rings (SSSR count). The molecule has 0 heterocycles. The number of ether oxygens (including phenoxy) is 2. The van der Waals surface area contributed by atoms with Gasteiger partial charge in [0.25, 0.3) is 0 Å². The minimum Gasteiger partial charge on any atom is -0.488 e. The second-order valence-electron chi connectivity index (χ2n) is 14.3. The van der Waals surface area contributed by atoms with Crippen LogP contribution >= 0.6 is 0 Å². The molecule has 0 saturated heterocycles. The molecule has 6 nitrogen and oxygen atoms in total. The van der Waals surface area contributed by atoms with Gasteiger partial charge in [-0.15, -0.1) is 0 Å². The number of hydrogen-bond acceptors (Lipinski definition) is 6. The monoisotopic (exact) mass is 632 g/mol. The van der Waals surface area contributed by atoms with Gasteiger partial charge < -0.3 is 23.4 Å². The number of aliphatic hydroxyl groups excluding tert-OH is 1. The van der Waals surface area contributed by atoms with Gasteiger partial charge in [0.15, 0.2) is 22.4 Å². The van der Waals surface area contributed by atoms with Crippen molar-refractivity contribution in [1.29, 1.82) is 0 Å². The summed E-state index contributed by atoms with van der Waals surface area (Å²) < 4.78 is 24.5. The highest BCUT2D eigenvalue weighted by molar-refractivity contribution is 6.74. The molecule has 244 valence electrons. The van der Waals surface area contributed by atoms with Crippen LogP contribution in [-0.2, 0) is 15.5 Å². The van der Waals surface area contributed by atoms with Crippen molar-refractivity contribution in [3.63, 3.8) is 0 Å². The maximum Gasteiger partial charge on any atom is 0.192 e. The highest BCUT2D eigenvalue weighted by Gasteiger charge is 2.38. The molecule has 0 aliphatic carbocycles. The Labute approximate surface area is 264 Å². The summed E-state index contributed by atoms with van der Waals surface area (Å²) in [6, 6.07) is 14.9. The minimum atomic E-state index is -1.75. The lowest BCUT2D eigenvalue weighted by Gasteiger charge is -2.37. The van der Waals surface area contributed by atoms with Crippen LogP contribution in [0.5, 0.6) is 11.5 Å². The molecular weight excluding hydrogens is 573 g/mol. The van der Waals surface area contributed by atoms with Gasteiger partial charge in [-0.1, -0.05) is 67.5 Å². The van der Waals surface area contributed by atoms with E-state index in [9.17, 15) is 4.79 Å². The van der Waals surface area contributed by atoms with Gasteiger partial charge in [0.1, 0.15) is 23.7 Å². The molecule has 0 aliphatic heterocycles. The summed E-state index contributed by atoms with van der Waals surface area (Å²) in [5.74, 6) is 1.69. The first-order valence-electron chi connectivity index (χ1n) is 15.7. The van der Waals surface area contributed by atoms with E-state index in [0.717, 1.165) is 29.9 Å². The summed E-state index contributed by atoms with van der Waals surface area (Å²) in [6.07, 6.45) is 1.91. The van der Waals surface area contributed by atoms with Gasteiger partial charge in [0, 0.05) is 5.56 Å². The highest BCUT2D eigenvalue weighted by Crippen LogP contribution is 2.37. The maximum absolute atomic E-state index is 11.3. The normalized spacial score (nSPS) is 13.9. The third kappa shape index (κ3) is 13.3. The molecule has 2 aromatic carbocycles. The summed E-state index contributed by atoms with van der Waals surface area (Å²) in [5.41, 5.74) is 1.60. The van der Waals surface area contributed by atoms with Crippen molar-refractivity contribution in [3.8, 4) is 11.5 Å². The standard InChI is InChI=1S/C18H30O3Si.C17H30O3Si/c1-8-16(13-20-22(6,7)18(3,4)5)21-17-11-9-15(10-12-17)14(2)19;1-7-15(13-19-21(5,6)17(2,3)4)20-16-10-8-14(12-18)9-11-16/h9-12,16H,8,13H2,1-7H3;8-11,15,18H,7,12-13H2,1-6H3. The summed E-state index contributed by atoms with van der Waals surface area (Å²) in [4.78, 5) is 11.3. The lowest BCUT2D eigenvalue weighted by atomic mass is 10.1. The van der Waals surface area contributed by atoms with Gasteiger partial charge >= 0.3 is 0 Å². The van der Waals surface area contributed by atoms with Crippen molar-refractivity contribution in [2.24, 2.45) is 0 Å². The highest BCUT2D eigenvalue weighted by atomic mass is 28.4. The maximum atomic E-state index is 11.3. The Morgan fingerprint density at radius 2 is 1.05 bits per heavy atom. The van der Waals surface area contributed by atoms with Gasteiger partial charge in [-0.25, -0.2) is 0 Å². The van der Waals surface area contributed by atoms with Crippen molar-refractivity contribution in [3.05, 3.63) is 59.7 Å². The molecule has 0 saturated carbocycles. The number of ketones is 1. The first kappa shape index (κ1) is 39.0. The average molecular weight is 633 g/mol. The van der Waals surface area contributed by atoms with Crippen LogP contribution in [0.2, 0.25) is 36.3 Å². The number of Topliss-reactive ketones (excluding diaryl/α,β-unsaturated/α-hetero) is 1. The van der Waals surface area contributed by atoms with Crippen molar-refractivity contribution < 1.29 is 28.2 Å². The molecule has 2 unspecified atom stereocenters. The molecule has 2 aromatic rings. The zero-order valence-corrected chi connectivity index (χ0v) is 31.3. The minimum absolute atomic E-state index is 0.0392. The quantitative estimate of drug-likeness (QED) is 0.165. The van der Waals surface area contributed by atoms with Crippen molar-refractivity contribution in [1.82, 2.24) is 0 Å². The third-order valence-corrected chi connectivity index (χ3v) is 17.8. The van der Waals surface area contributed by atoms with Gasteiger partial charge in [-0.05, 0) is 98.0 Å². The van der Waals surface area contributed by atoms with Crippen molar-refractivity contribution in [2.45, 2.75) is 130 Å². The number of rotatable bonds is 14. The van der Waals surface area contributed by atoms with Crippen LogP contribution in [0.15, 0.2) is 48.5 Å². The first-order chi connectivity index (χ1) is 19.8. The fourth-order valence-corrected chi connectivity index (χ4v) is 5.40. The first-order valence-corrected chi connectivity index (χ1v) is 21.5. The van der Waals surface area contributed by atoms with E-state index in [0.29, 0.717) is 18.8 Å². The number of carbonyl (C=O) groups is 1. The Balaban J connectivity index is 0.000000430. The summed E-state index contributed by atoms with van der Waals surface area (Å²) in [5, 5.41) is 9.47. The van der Waals surface area contributed by atoms with Gasteiger partial charge in [-0.2, -0.15) is 0 Å². The van der Waals surface area contributed by atoms with E-state index in [4.69, 9.17) is 23.4 Å². The van der Waals surface area contributed by atoms with Gasteiger partial charge in [0.2, 0.25) is 0 Å². The van der Waals surface area contributed by atoms with E-state index < -0.39 is 16.6 Å². The predicted molar refractivity (Wildman–Crippen MR) is 185 cm³/mol. The van der Waals surface area contributed by atoms with E-state index in [1.807, 2.05) is 36.4 Å². The fourth-order valence-electron chi connectivity index (χ4n) is 3.33. The van der Waals surface area contributed by atoms with Gasteiger partial charge in [0.05, 0.1) is 19.8 Å². The lowest BCUT2D eigenvalue weighted by molar-refractivity contribution is 0.101. The summed E-state index contributed by atoms with van der Waals surface area (Å²) in [6.45, 7) is 29.6. The summed E-state index contributed by atoms with van der Waals surface area (Å²) >= 11 is 0. The molecule has 0 aromatic heterocycles. The van der Waals surface area contributed by atoms with E-state index >= 15 is 0 Å². The topological polar surface area (TPSA) is 74.2 Å². The molecule has 8 heteroatoms. The number of benzene rings is 2. The van der Waals surface area contributed by atoms with Crippen molar-refractivity contribution in [2.75, 3.05) is 13.2 Å². The smallest absolute Gasteiger partial charge is 0.192 e. The number of hydrogen-bond donors (Lipinski definition) is 1. The molecule has 0 amide bonds. The number of carbonyl (C=O) groups excluding carboxylic acids is 1. The molecule has 0 spiro atoms. The zero-order valence-electron chi connectivity index (χ0n) is 29.3. The van der Waals surface area contributed by atoms with Crippen LogP contribution in [0.4, 0.5) is 0 Å². The molecule has 0 aliphatic rings. The molecular formula is C35H60O6Si2. The van der Waals surface area contributed by atoms with Crippen LogP contribution in [0.25, 0.3) is 0 Å². The second-order valence-corrected chi connectivity index (χ2v) is 23.9. The Morgan fingerprint density at radius 1 is 0.698 bits per heavy atom. The van der Waals surface area contributed by atoms with Crippen LogP contribution in [-0.4, -0.2) is 52.9 Å². The van der Waals surface area contributed by atoms with E-state index in [-0.39, 0.29) is 34.7 Å². The Bertz CT molecular complexity index is 1080. The van der Waals surface area contributed by atoms with Crippen LogP contribution < -0.4 is 9.47 Å². The van der Waals surface area contributed by atoms with Crippen LogP contribution in [0.1, 0.15) is 91.1 Å². The summed E-state index contributed by atoms with van der Waals surface area (Å²) in [7, 11) is -3.48. The second kappa shape index (κ2) is 16.9. The predicted octanol–water partition coefficient (Wildman–Crippen LogP) is 9.43. The van der Waals surface area contributed by atoms with Crippen LogP contribution in [0.3, 0.4) is 0 Å². The molecule has 0 fully saturated rings. The Kier molecular flexibility index (Phi) is 15.4. The van der Waals surface area contributed by atoms with Crippen molar-refractivity contribution >= 4 is 22.4 Å². The largest absolute Gasteiger partial charge is 0.488 e. The lowest BCUT2D eigenvalue weighted by Crippen LogP contribution is -2.43. The molecule has 1 N–H and O–H groups in total. The van der Waals surface area contributed by atoms with E-state index in [1.165, 1.54) is 0 Å². The Morgan fingerprint density at radius 3 is 1.33 bits per heavy atom. The van der Waals surface area contributed by atoms with E-state index in [1.54, 1.807) is 19.1 Å². The SMILES string of the molecule is CCC(CO[Si](C)(C)C(C)(C)C)Oc1ccc(C(C)=O)cc1.CCC(CO[Si](C)(C)C(C)(C)C)Oc1ccc(CO)cc1. The fraction of sp³-hybridized carbons (Fsp3) is 0.629. The van der Waals surface area contributed by atoms with Gasteiger partial charge in [-0.3, -0.25) is 4.79 Å². The molecule has 2 atom stereocenters. The third-order valence-electron chi connectivity index (χ3n) is 8.76. The molecule has 43 heavy (non-hydrogen) atoms. The number of aliphatic hydroxyl groups is 1. The Hall–Kier alpha value is -1.98. The average Bonchev–Trinajstić information content (AvgIpc) is 2.93. The van der Waals surface area contributed by atoms with E-state index in [2.05, 4.69) is 81.6 Å². The molecule has 0 radical (unpaired) electrons. The van der Waals surface area contributed by atoms with Crippen LogP contribution in [0, 0.1) is 0 Å². The molecule has 0 bridgehead atoms. The zero-order chi connectivity index (χ0) is 33.1.